The van der Waals surface area contributed by atoms with Gasteiger partial charge in [0.05, 0.1) is 5.38 Å². The molecule has 1 N–H and O–H groups in total. The summed E-state index contributed by atoms with van der Waals surface area (Å²) in [5.74, 6) is 0. The van der Waals surface area contributed by atoms with Crippen molar-refractivity contribution < 1.29 is 0 Å². The Morgan fingerprint density at radius 3 is 2.63 bits per heavy atom. The molecular weight excluding hydrogens is 277 g/mol. The molecule has 0 spiro atoms. The van der Waals surface area contributed by atoms with Crippen molar-refractivity contribution in [1.29, 1.82) is 0 Å². The van der Waals surface area contributed by atoms with Crippen LogP contribution in [0.4, 0.5) is 0 Å². The normalized spacial score (nSPS) is 21.4. The molecule has 0 radical (unpaired) electrons. The van der Waals surface area contributed by atoms with E-state index in [0.29, 0.717) is 0 Å². The number of halogens is 2. The molecule has 1 aliphatic carbocycles. The molecule has 1 nitrogen and oxygen atoms in total. The molecule has 0 heterocycles. The molecule has 0 saturated heterocycles. The first-order valence-corrected chi connectivity index (χ1v) is 7.26. The quantitative estimate of drug-likeness (QED) is 0.830. The minimum atomic E-state index is 0.111. The molecule has 0 saturated carbocycles. The van der Waals surface area contributed by atoms with Gasteiger partial charge in [-0.3, -0.25) is 0 Å². The van der Waals surface area contributed by atoms with Crippen LogP contribution >= 0.6 is 23.2 Å². The smallest absolute Gasteiger partial charge is 0.0571 e. The molecule has 98 valence electrons. The third-order valence-corrected chi connectivity index (χ3v) is 4.41. The summed E-state index contributed by atoms with van der Waals surface area (Å²) in [5.41, 5.74) is 3.77. The van der Waals surface area contributed by atoms with Crippen molar-refractivity contribution in [2.24, 2.45) is 0 Å². The van der Waals surface area contributed by atoms with E-state index in [1.54, 1.807) is 0 Å². The fourth-order valence-electron chi connectivity index (χ4n) is 2.65. The van der Waals surface area contributed by atoms with Gasteiger partial charge >= 0.3 is 0 Å². The number of hydrogen-bond acceptors (Lipinski definition) is 1. The fraction of sp³-hybridized carbons (Fsp3) is 0.250. The van der Waals surface area contributed by atoms with Gasteiger partial charge in [-0.25, -0.2) is 0 Å². The van der Waals surface area contributed by atoms with Crippen LogP contribution in [0.15, 0.2) is 48.5 Å². The third kappa shape index (κ3) is 2.64. The minimum Gasteiger partial charge on any atom is -0.305 e. The van der Waals surface area contributed by atoms with Crippen LogP contribution in [0, 0.1) is 0 Å². The maximum Gasteiger partial charge on any atom is 0.0571 e. The summed E-state index contributed by atoms with van der Waals surface area (Å²) >= 11 is 12.6. The molecule has 2 unspecified atom stereocenters. The van der Waals surface area contributed by atoms with Crippen molar-refractivity contribution in [2.75, 3.05) is 0 Å². The first-order valence-electron chi connectivity index (χ1n) is 6.44. The van der Waals surface area contributed by atoms with Gasteiger partial charge in [0.15, 0.2) is 0 Å². The van der Waals surface area contributed by atoms with E-state index in [0.717, 1.165) is 23.6 Å². The third-order valence-electron chi connectivity index (χ3n) is 3.64. The molecule has 3 rings (SSSR count). The summed E-state index contributed by atoms with van der Waals surface area (Å²) in [6.07, 6.45) is 0.928. The van der Waals surface area contributed by atoms with E-state index < -0.39 is 0 Å². The predicted molar refractivity (Wildman–Crippen MR) is 80.8 cm³/mol. The highest BCUT2D eigenvalue weighted by molar-refractivity contribution is 6.31. The van der Waals surface area contributed by atoms with Crippen LogP contribution in [0.5, 0.6) is 0 Å². The van der Waals surface area contributed by atoms with Gasteiger partial charge < -0.3 is 5.32 Å². The van der Waals surface area contributed by atoms with E-state index in [1.165, 1.54) is 11.1 Å². The van der Waals surface area contributed by atoms with E-state index in [4.69, 9.17) is 23.2 Å². The SMILES string of the molecule is Clc1ccccc1CNC1c2ccccc2CC1Cl. The van der Waals surface area contributed by atoms with Gasteiger partial charge in [0.25, 0.3) is 0 Å². The Bertz CT molecular complexity index is 582. The number of nitrogens with one attached hydrogen (secondary N) is 1. The molecular formula is C16H15Cl2N. The van der Waals surface area contributed by atoms with E-state index in [9.17, 15) is 0 Å². The average molecular weight is 292 g/mol. The van der Waals surface area contributed by atoms with Gasteiger partial charge in [-0.1, -0.05) is 54.1 Å². The Hall–Kier alpha value is -1.02. The number of hydrogen-bond donors (Lipinski definition) is 1. The van der Waals surface area contributed by atoms with Crippen LogP contribution in [-0.4, -0.2) is 5.38 Å². The van der Waals surface area contributed by atoms with E-state index >= 15 is 0 Å². The van der Waals surface area contributed by atoms with Crippen LogP contribution in [-0.2, 0) is 13.0 Å². The highest BCUT2D eigenvalue weighted by atomic mass is 35.5. The Morgan fingerprint density at radius 2 is 1.79 bits per heavy atom. The number of benzene rings is 2. The first kappa shape index (κ1) is 13.0. The molecule has 3 heteroatoms. The van der Waals surface area contributed by atoms with Crippen LogP contribution < -0.4 is 5.32 Å². The lowest BCUT2D eigenvalue weighted by atomic mass is 10.1. The Balaban J connectivity index is 1.76. The second kappa shape index (κ2) is 5.54. The second-order valence-corrected chi connectivity index (χ2v) is 5.84. The van der Waals surface area contributed by atoms with Crippen molar-refractivity contribution in [3.8, 4) is 0 Å². The molecule has 0 fully saturated rings. The standard InChI is InChI=1S/C16H15Cl2N/c17-14-8-4-2-6-12(14)10-19-16-13-7-3-1-5-11(13)9-15(16)18/h1-8,15-16,19H,9-10H2. The maximum atomic E-state index is 6.45. The molecule has 0 bridgehead atoms. The highest BCUT2D eigenvalue weighted by Crippen LogP contribution is 2.35. The predicted octanol–water partition coefficient (Wildman–Crippen LogP) is 4.33. The van der Waals surface area contributed by atoms with Crippen LogP contribution in [0.25, 0.3) is 0 Å². The highest BCUT2D eigenvalue weighted by Gasteiger charge is 2.30. The van der Waals surface area contributed by atoms with Crippen LogP contribution in [0.2, 0.25) is 5.02 Å². The van der Waals surface area contributed by atoms with E-state index in [2.05, 4.69) is 29.6 Å². The summed E-state index contributed by atoms with van der Waals surface area (Å²) in [5, 5.41) is 4.44. The Labute approximate surface area is 123 Å². The Kier molecular flexibility index (Phi) is 3.79. The summed E-state index contributed by atoms with van der Waals surface area (Å²) in [7, 11) is 0. The molecule has 1 aliphatic rings. The van der Waals surface area contributed by atoms with Gasteiger partial charge in [-0.15, -0.1) is 11.6 Å². The fourth-order valence-corrected chi connectivity index (χ4v) is 3.24. The zero-order valence-electron chi connectivity index (χ0n) is 10.4. The average Bonchev–Trinajstić information content (AvgIpc) is 2.74. The van der Waals surface area contributed by atoms with Crippen LogP contribution in [0.3, 0.4) is 0 Å². The van der Waals surface area contributed by atoms with E-state index in [-0.39, 0.29) is 11.4 Å². The summed E-state index contributed by atoms with van der Waals surface area (Å²) < 4.78 is 0. The lowest BCUT2D eigenvalue weighted by Crippen LogP contribution is -2.25. The zero-order chi connectivity index (χ0) is 13.2. The largest absolute Gasteiger partial charge is 0.305 e. The van der Waals surface area contributed by atoms with Gasteiger partial charge in [0, 0.05) is 17.6 Å². The van der Waals surface area contributed by atoms with Crippen molar-refractivity contribution in [3.05, 3.63) is 70.2 Å². The number of fused-ring (bicyclic) bond motifs is 1. The number of alkyl halides is 1. The Morgan fingerprint density at radius 1 is 1.05 bits per heavy atom. The summed E-state index contributed by atoms with van der Waals surface area (Å²) in [6, 6.07) is 16.6. The van der Waals surface area contributed by atoms with Crippen LogP contribution in [0.1, 0.15) is 22.7 Å². The number of rotatable bonds is 3. The van der Waals surface area contributed by atoms with Gasteiger partial charge in [-0.05, 0) is 29.2 Å². The molecule has 0 amide bonds. The lowest BCUT2D eigenvalue weighted by molar-refractivity contribution is 0.536. The maximum absolute atomic E-state index is 6.45. The van der Waals surface area contributed by atoms with Crippen molar-refractivity contribution in [2.45, 2.75) is 24.4 Å². The molecule has 2 aromatic rings. The van der Waals surface area contributed by atoms with E-state index in [1.807, 2.05) is 24.3 Å². The molecule has 0 aromatic heterocycles. The minimum absolute atomic E-state index is 0.111. The zero-order valence-corrected chi connectivity index (χ0v) is 12.0. The lowest BCUT2D eigenvalue weighted by Gasteiger charge is -2.18. The van der Waals surface area contributed by atoms with Gasteiger partial charge in [0.2, 0.25) is 0 Å². The van der Waals surface area contributed by atoms with Gasteiger partial charge in [-0.2, -0.15) is 0 Å². The van der Waals surface area contributed by atoms with Crippen molar-refractivity contribution in [3.63, 3.8) is 0 Å². The monoisotopic (exact) mass is 291 g/mol. The second-order valence-electron chi connectivity index (χ2n) is 4.87. The first-order chi connectivity index (χ1) is 9.25. The molecule has 2 atom stereocenters. The van der Waals surface area contributed by atoms with Crippen molar-refractivity contribution in [1.82, 2.24) is 5.32 Å². The summed E-state index contributed by atoms with van der Waals surface area (Å²) in [6.45, 7) is 0.738. The molecule has 0 aliphatic heterocycles. The topological polar surface area (TPSA) is 12.0 Å². The molecule has 2 aromatic carbocycles. The molecule has 19 heavy (non-hydrogen) atoms. The summed E-state index contributed by atoms with van der Waals surface area (Å²) in [4.78, 5) is 0. The van der Waals surface area contributed by atoms with Gasteiger partial charge in [0.1, 0.15) is 0 Å². The van der Waals surface area contributed by atoms with Crippen molar-refractivity contribution >= 4 is 23.2 Å².